The van der Waals surface area contributed by atoms with Gasteiger partial charge in [-0.1, -0.05) is 37.1 Å². The Morgan fingerprint density at radius 2 is 1.95 bits per heavy atom. The van der Waals surface area contributed by atoms with Crippen molar-refractivity contribution in [3.05, 3.63) is 42.1 Å². The van der Waals surface area contributed by atoms with E-state index in [1.54, 1.807) is 0 Å². The lowest BCUT2D eigenvalue weighted by Gasteiger charge is -2.11. The molecule has 1 saturated carbocycles. The second-order valence-electron chi connectivity index (χ2n) is 5.54. The summed E-state index contributed by atoms with van der Waals surface area (Å²) in [6.45, 7) is 0. The zero-order valence-electron chi connectivity index (χ0n) is 11.6. The number of para-hydroxylation sites is 1. The molecule has 1 aromatic heterocycles. The molecule has 0 unspecified atom stereocenters. The van der Waals surface area contributed by atoms with Crippen LogP contribution < -0.4 is 5.32 Å². The molecule has 1 aliphatic rings. The van der Waals surface area contributed by atoms with Gasteiger partial charge in [0.1, 0.15) is 0 Å². The summed E-state index contributed by atoms with van der Waals surface area (Å²) < 4.78 is 0. The van der Waals surface area contributed by atoms with Crippen LogP contribution in [-0.4, -0.2) is 16.9 Å². The first-order valence-electron chi connectivity index (χ1n) is 7.45. The van der Waals surface area contributed by atoms with Crippen molar-refractivity contribution in [3.63, 3.8) is 0 Å². The van der Waals surface area contributed by atoms with Gasteiger partial charge in [0.15, 0.2) is 0 Å². The topological polar surface area (TPSA) is 42.0 Å². The van der Waals surface area contributed by atoms with Crippen LogP contribution >= 0.6 is 0 Å². The van der Waals surface area contributed by atoms with Crippen LogP contribution in [0.15, 0.2) is 36.4 Å². The molecule has 1 aliphatic carbocycles. The minimum Gasteiger partial charge on any atom is -0.353 e. The summed E-state index contributed by atoms with van der Waals surface area (Å²) in [5.41, 5.74) is 1.99. The maximum absolute atomic E-state index is 11.9. The van der Waals surface area contributed by atoms with Crippen LogP contribution in [0, 0.1) is 0 Å². The SMILES string of the molecule is O=C(CCc1ccc2ccccc2n1)NC1CCCC1. The second kappa shape index (κ2) is 6.04. The van der Waals surface area contributed by atoms with Crippen LogP contribution in [0.3, 0.4) is 0 Å². The van der Waals surface area contributed by atoms with Gasteiger partial charge in [0.25, 0.3) is 0 Å². The number of carbonyl (C=O) groups excluding carboxylic acids is 1. The average Bonchev–Trinajstić information content (AvgIpc) is 2.98. The van der Waals surface area contributed by atoms with E-state index in [0.29, 0.717) is 18.9 Å². The van der Waals surface area contributed by atoms with Gasteiger partial charge in [-0.3, -0.25) is 9.78 Å². The number of nitrogens with one attached hydrogen (secondary N) is 1. The third kappa shape index (κ3) is 3.16. The number of fused-ring (bicyclic) bond motifs is 1. The number of aryl methyl sites for hydroxylation is 1. The summed E-state index contributed by atoms with van der Waals surface area (Å²) in [6.07, 6.45) is 6.01. The van der Waals surface area contributed by atoms with Crippen LogP contribution in [-0.2, 0) is 11.2 Å². The van der Waals surface area contributed by atoms with Crippen molar-refractivity contribution >= 4 is 16.8 Å². The Labute approximate surface area is 119 Å². The fourth-order valence-electron chi connectivity index (χ4n) is 2.86. The molecule has 1 N–H and O–H groups in total. The summed E-state index contributed by atoms with van der Waals surface area (Å²) in [5.74, 6) is 0.159. The largest absolute Gasteiger partial charge is 0.353 e. The van der Waals surface area contributed by atoms with E-state index in [1.165, 1.54) is 12.8 Å². The number of rotatable bonds is 4. The zero-order valence-corrected chi connectivity index (χ0v) is 11.6. The lowest BCUT2D eigenvalue weighted by molar-refractivity contribution is -0.121. The molecular weight excluding hydrogens is 248 g/mol. The standard InChI is InChI=1S/C17H20N2O/c20-17(19-14-6-2-3-7-14)12-11-15-10-9-13-5-1-4-8-16(13)18-15/h1,4-5,8-10,14H,2-3,6-7,11-12H2,(H,19,20). The van der Waals surface area contributed by atoms with Gasteiger partial charge in [-0.2, -0.15) is 0 Å². The van der Waals surface area contributed by atoms with E-state index in [-0.39, 0.29) is 5.91 Å². The summed E-state index contributed by atoms with van der Waals surface area (Å²) in [4.78, 5) is 16.5. The molecule has 2 aromatic rings. The highest BCUT2D eigenvalue weighted by Gasteiger charge is 2.16. The van der Waals surface area contributed by atoms with E-state index in [2.05, 4.69) is 22.4 Å². The first kappa shape index (κ1) is 13.1. The monoisotopic (exact) mass is 268 g/mol. The molecule has 0 saturated heterocycles. The van der Waals surface area contributed by atoms with E-state index in [1.807, 2.05) is 24.3 Å². The molecule has 0 spiro atoms. The minimum atomic E-state index is 0.159. The smallest absolute Gasteiger partial charge is 0.220 e. The number of amides is 1. The van der Waals surface area contributed by atoms with E-state index in [9.17, 15) is 4.79 Å². The predicted molar refractivity (Wildman–Crippen MR) is 80.5 cm³/mol. The summed E-state index contributed by atoms with van der Waals surface area (Å²) >= 11 is 0. The number of pyridine rings is 1. The molecule has 104 valence electrons. The van der Waals surface area contributed by atoms with E-state index in [0.717, 1.165) is 29.4 Å². The van der Waals surface area contributed by atoms with E-state index < -0.39 is 0 Å². The van der Waals surface area contributed by atoms with Gasteiger partial charge in [-0.15, -0.1) is 0 Å². The van der Waals surface area contributed by atoms with Crippen LogP contribution in [0.1, 0.15) is 37.8 Å². The van der Waals surface area contributed by atoms with Gasteiger partial charge < -0.3 is 5.32 Å². The maximum Gasteiger partial charge on any atom is 0.220 e. The third-order valence-corrected chi connectivity index (χ3v) is 3.98. The molecule has 20 heavy (non-hydrogen) atoms. The molecule has 0 bridgehead atoms. The quantitative estimate of drug-likeness (QED) is 0.925. The Balaban J connectivity index is 1.57. The molecule has 0 atom stereocenters. The first-order chi connectivity index (χ1) is 9.81. The Kier molecular flexibility index (Phi) is 3.95. The van der Waals surface area contributed by atoms with Crippen molar-refractivity contribution in [2.75, 3.05) is 0 Å². The average molecular weight is 268 g/mol. The van der Waals surface area contributed by atoms with Crippen molar-refractivity contribution in [3.8, 4) is 0 Å². The van der Waals surface area contributed by atoms with Crippen LogP contribution in [0.2, 0.25) is 0 Å². The normalized spacial score (nSPS) is 15.6. The number of aromatic nitrogens is 1. The summed E-state index contributed by atoms with van der Waals surface area (Å²) in [7, 11) is 0. The minimum absolute atomic E-state index is 0.159. The Morgan fingerprint density at radius 3 is 2.80 bits per heavy atom. The van der Waals surface area contributed by atoms with Gasteiger partial charge in [-0.25, -0.2) is 0 Å². The summed E-state index contributed by atoms with van der Waals surface area (Å²) in [5, 5.41) is 4.26. The van der Waals surface area contributed by atoms with Crippen LogP contribution in [0.25, 0.3) is 10.9 Å². The second-order valence-corrected chi connectivity index (χ2v) is 5.54. The number of carbonyl (C=O) groups is 1. The van der Waals surface area contributed by atoms with Gasteiger partial charge >= 0.3 is 0 Å². The fourth-order valence-corrected chi connectivity index (χ4v) is 2.86. The van der Waals surface area contributed by atoms with Crippen LogP contribution in [0.4, 0.5) is 0 Å². The first-order valence-corrected chi connectivity index (χ1v) is 7.45. The molecule has 3 heteroatoms. The van der Waals surface area contributed by atoms with Gasteiger partial charge in [-0.05, 0) is 31.4 Å². The Bertz CT molecular complexity index is 603. The van der Waals surface area contributed by atoms with Crippen molar-refractivity contribution in [2.24, 2.45) is 0 Å². The van der Waals surface area contributed by atoms with Crippen molar-refractivity contribution < 1.29 is 4.79 Å². The number of benzene rings is 1. The van der Waals surface area contributed by atoms with Crippen molar-refractivity contribution in [1.29, 1.82) is 0 Å². The highest BCUT2D eigenvalue weighted by atomic mass is 16.1. The molecular formula is C17H20N2O. The molecule has 0 aliphatic heterocycles. The highest BCUT2D eigenvalue weighted by molar-refractivity contribution is 5.79. The number of hydrogen-bond acceptors (Lipinski definition) is 2. The molecule has 1 amide bonds. The van der Waals surface area contributed by atoms with Gasteiger partial charge in [0.2, 0.25) is 5.91 Å². The molecule has 1 heterocycles. The number of hydrogen-bond donors (Lipinski definition) is 1. The Hall–Kier alpha value is -1.90. The maximum atomic E-state index is 11.9. The van der Waals surface area contributed by atoms with Crippen molar-refractivity contribution in [1.82, 2.24) is 10.3 Å². The van der Waals surface area contributed by atoms with Crippen molar-refractivity contribution in [2.45, 2.75) is 44.6 Å². The van der Waals surface area contributed by atoms with Gasteiger partial charge in [0, 0.05) is 23.5 Å². The molecule has 1 aromatic carbocycles. The molecule has 3 nitrogen and oxygen atoms in total. The lowest BCUT2D eigenvalue weighted by atomic mass is 10.1. The summed E-state index contributed by atoms with van der Waals surface area (Å²) in [6, 6.07) is 12.6. The highest BCUT2D eigenvalue weighted by Crippen LogP contribution is 2.18. The predicted octanol–water partition coefficient (Wildman–Crippen LogP) is 3.23. The molecule has 1 fully saturated rings. The lowest BCUT2D eigenvalue weighted by Crippen LogP contribution is -2.32. The van der Waals surface area contributed by atoms with Crippen LogP contribution in [0.5, 0.6) is 0 Å². The number of nitrogens with zero attached hydrogens (tertiary/aromatic N) is 1. The van der Waals surface area contributed by atoms with E-state index in [4.69, 9.17) is 0 Å². The third-order valence-electron chi connectivity index (χ3n) is 3.98. The van der Waals surface area contributed by atoms with E-state index >= 15 is 0 Å². The fraction of sp³-hybridized carbons (Fsp3) is 0.412. The zero-order chi connectivity index (χ0) is 13.8. The van der Waals surface area contributed by atoms with Gasteiger partial charge in [0.05, 0.1) is 5.52 Å². The Morgan fingerprint density at radius 1 is 1.15 bits per heavy atom. The molecule has 3 rings (SSSR count). The molecule has 0 radical (unpaired) electrons.